The molecule has 1 heterocycles. The first kappa shape index (κ1) is 8.17. The quantitative estimate of drug-likeness (QED) is 0.537. The Hall–Kier alpha value is -0.930. The molecule has 0 radical (unpaired) electrons. The van der Waals surface area contributed by atoms with Crippen LogP contribution in [0.3, 0.4) is 0 Å². The molecule has 11 heavy (non-hydrogen) atoms. The first-order valence-corrected chi connectivity index (χ1v) is 3.79. The van der Waals surface area contributed by atoms with E-state index in [2.05, 4.69) is 9.62 Å². The van der Waals surface area contributed by atoms with Gasteiger partial charge in [-0.2, -0.15) is 5.10 Å². The summed E-state index contributed by atoms with van der Waals surface area (Å²) in [6.07, 6.45) is 1.74. The van der Waals surface area contributed by atoms with Crippen LogP contribution in [0, 0.1) is 0 Å². The Kier molecular flexibility index (Phi) is 3.01. The van der Waals surface area contributed by atoms with E-state index in [1.165, 1.54) is 0 Å². The molecule has 0 saturated heterocycles. The van der Waals surface area contributed by atoms with Crippen molar-refractivity contribution in [2.24, 2.45) is 0 Å². The Morgan fingerprint density at radius 1 is 1.82 bits per heavy atom. The number of nitrogen functional groups attached to an aromatic ring is 1. The monoisotopic (exact) mass is 173 g/mol. The van der Waals surface area contributed by atoms with Gasteiger partial charge in [0.1, 0.15) is 5.82 Å². The molecule has 6 heteroatoms. The second-order valence-corrected chi connectivity index (χ2v) is 2.32. The molecular weight excluding hydrogens is 165 g/mol. The minimum atomic E-state index is -0.300. The lowest BCUT2D eigenvalue weighted by atomic mass is 10.6. The number of nitrogens with zero attached hydrogens (tertiary/aromatic N) is 2. The SMILES string of the molecule is Nc1ccn(CCOP=O)n1. The van der Waals surface area contributed by atoms with Crippen LogP contribution in [-0.2, 0) is 15.6 Å². The van der Waals surface area contributed by atoms with Gasteiger partial charge < -0.3 is 5.73 Å². The highest BCUT2D eigenvalue weighted by Crippen LogP contribution is 1.98. The van der Waals surface area contributed by atoms with Crippen molar-refractivity contribution in [2.45, 2.75) is 6.54 Å². The minimum absolute atomic E-state index is 0.300. The summed E-state index contributed by atoms with van der Waals surface area (Å²) in [6, 6.07) is 1.69. The van der Waals surface area contributed by atoms with Crippen molar-refractivity contribution in [3.8, 4) is 0 Å². The number of rotatable bonds is 4. The van der Waals surface area contributed by atoms with Crippen LogP contribution in [0.5, 0.6) is 0 Å². The Morgan fingerprint density at radius 3 is 3.18 bits per heavy atom. The lowest BCUT2D eigenvalue weighted by Crippen LogP contribution is -2.03. The zero-order valence-electron chi connectivity index (χ0n) is 5.80. The van der Waals surface area contributed by atoms with Crippen LogP contribution in [0.15, 0.2) is 12.3 Å². The summed E-state index contributed by atoms with van der Waals surface area (Å²) in [5.74, 6) is 0.477. The van der Waals surface area contributed by atoms with Gasteiger partial charge in [0.2, 0.25) is 0 Å². The molecule has 0 aliphatic carbocycles. The largest absolute Gasteiger partial charge is 0.382 e. The molecule has 0 aliphatic heterocycles. The van der Waals surface area contributed by atoms with Gasteiger partial charge in [-0.3, -0.25) is 9.21 Å². The summed E-state index contributed by atoms with van der Waals surface area (Å²) in [5, 5.41) is 3.89. The average molecular weight is 173 g/mol. The summed E-state index contributed by atoms with van der Waals surface area (Å²) < 4.78 is 16.0. The van der Waals surface area contributed by atoms with Gasteiger partial charge in [0.05, 0.1) is 13.2 Å². The van der Waals surface area contributed by atoms with Crippen molar-refractivity contribution in [3.63, 3.8) is 0 Å². The van der Waals surface area contributed by atoms with E-state index in [1.54, 1.807) is 16.9 Å². The third kappa shape index (κ3) is 2.65. The van der Waals surface area contributed by atoms with Crippen molar-refractivity contribution >= 4 is 14.5 Å². The van der Waals surface area contributed by atoms with E-state index in [4.69, 9.17) is 5.73 Å². The molecule has 5 nitrogen and oxygen atoms in total. The van der Waals surface area contributed by atoms with Crippen LogP contribution in [0.2, 0.25) is 0 Å². The summed E-state index contributed by atoms with van der Waals surface area (Å²) in [5.41, 5.74) is 5.35. The molecule has 60 valence electrons. The molecule has 0 atom stereocenters. The van der Waals surface area contributed by atoms with E-state index in [0.717, 1.165) is 0 Å². The van der Waals surface area contributed by atoms with Crippen molar-refractivity contribution in [3.05, 3.63) is 12.3 Å². The maximum atomic E-state index is 9.82. The normalized spacial score (nSPS) is 10.5. The van der Waals surface area contributed by atoms with E-state index >= 15 is 0 Å². The molecule has 1 rings (SSSR count). The molecule has 0 aliphatic rings. The van der Waals surface area contributed by atoms with Crippen LogP contribution >= 0.6 is 8.69 Å². The maximum absolute atomic E-state index is 9.82. The summed E-state index contributed by atoms with van der Waals surface area (Å²) >= 11 is 0. The molecule has 0 saturated carbocycles. The first-order valence-electron chi connectivity index (χ1n) is 3.06. The van der Waals surface area contributed by atoms with Gasteiger partial charge in [0, 0.05) is 6.20 Å². The molecule has 1 aromatic rings. The Morgan fingerprint density at radius 2 is 2.64 bits per heavy atom. The van der Waals surface area contributed by atoms with Crippen molar-refractivity contribution < 1.29 is 9.09 Å². The molecule has 0 aromatic carbocycles. The standard InChI is InChI=1S/C5H8N3O2P/c6-5-1-2-8(7-5)3-4-10-11-9/h1-2H,3-4H2,(H2,6,7). The average Bonchev–Trinajstić information content (AvgIpc) is 2.37. The predicted molar refractivity (Wildman–Crippen MR) is 40.2 cm³/mol. The van der Waals surface area contributed by atoms with Gasteiger partial charge in [0.25, 0.3) is 0 Å². The number of hydrogen-bond donors (Lipinski definition) is 1. The van der Waals surface area contributed by atoms with E-state index in [0.29, 0.717) is 19.0 Å². The molecule has 0 bridgehead atoms. The summed E-state index contributed by atoms with van der Waals surface area (Å²) in [7, 11) is -0.300. The zero-order valence-corrected chi connectivity index (χ0v) is 6.70. The van der Waals surface area contributed by atoms with E-state index < -0.39 is 0 Å². The van der Waals surface area contributed by atoms with Crippen LogP contribution in [0.4, 0.5) is 5.82 Å². The Bertz CT molecular complexity index is 237. The van der Waals surface area contributed by atoms with E-state index in [-0.39, 0.29) is 8.69 Å². The molecular formula is C5H8N3O2P. The van der Waals surface area contributed by atoms with Crippen molar-refractivity contribution in [2.75, 3.05) is 12.3 Å². The van der Waals surface area contributed by atoms with Gasteiger partial charge >= 0.3 is 8.69 Å². The maximum Gasteiger partial charge on any atom is 0.327 e. The highest BCUT2D eigenvalue weighted by molar-refractivity contribution is 7.17. The van der Waals surface area contributed by atoms with E-state index in [1.807, 2.05) is 0 Å². The van der Waals surface area contributed by atoms with Gasteiger partial charge in [-0.15, -0.1) is 0 Å². The number of aromatic nitrogens is 2. The van der Waals surface area contributed by atoms with Gasteiger partial charge in [-0.1, -0.05) is 0 Å². The lowest BCUT2D eigenvalue weighted by Gasteiger charge is -1.96. The second-order valence-electron chi connectivity index (χ2n) is 1.91. The van der Waals surface area contributed by atoms with Crippen molar-refractivity contribution in [1.29, 1.82) is 0 Å². The first-order chi connectivity index (χ1) is 5.33. The molecule has 0 spiro atoms. The highest BCUT2D eigenvalue weighted by atomic mass is 31.1. The fourth-order valence-corrected chi connectivity index (χ4v) is 0.830. The molecule has 2 N–H and O–H groups in total. The van der Waals surface area contributed by atoms with Crippen LogP contribution in [-0.4, -0.2) is 16.4 Å². The van der Waals surface area contributed by atoms with E-state index in [9.17, 15) is 4.57 Å². The fraction of sp³-hybridized carbons (Fsp3) is 0.400. The summed E-state index contributed by atoms with van der Waals surface area (Å²) in [4.78, 5) is 0. The number of nitrogens with two attached hydrogens (primary N) is 1. The van der Waals surface area contributed by atoms with Gasteiger partial charge in [-0.25, -0.2) is 4.57 Å². The number of anilines is 1. The molecule has 0 unspecified atom stereocenters. The summed E-state index contributed by atoms with van der Waals surface area (Å²) in [6.45, 7) is 0.929. The zero-order chi connectivity index (χ0) is 8.10. The minimum Gasteiger partial charge on any atom is -0.382 e. The Balaban J connectivity index is 2.32. The van der Waals surface area contributed by atoms with Crippen molar-refractivity contribution in [1.82, 2.24) is 9.78 Å². The van der Waals surface area contributed by atoms with Gasteiger partial charge in [-0.05, 0) is 6.07 Å². The third-order valence-corrected chi connectivity index (χ3v) is 1.41. The topological polar surface area (TPSA) is 70.1 Å². The molecule has 0 amide bonds. The van der Waals surface area contributed by atoms with Crippen LogP contribution < -0.4 is 5.73 Å². The number of hydrogen-bond acceptors (Lipinski definition) is 4. The predicted octanol–water partition coefficient (Wildman–Crippen LogP) is 0.689. The third-order valence-electron chi connectivity index (χ3n) is 1.13. The lowest BCUT2D eigenvalue weighted by molar-refractivity contribution is 0.314. The Labute approximate surface area is 65.4 Å². The smallest absolute Gasteiger partial charge is 0.327 e. The fourth-order valence-electron chi connectivity index (χ4n) is 0.674. The van der Waals surface area contributed by atoms with Crippen LogP contribution in [0.1, 0.15) is 0 Å². The van der Waals surface area contributed by atoms with Gasteiger partial charge in [0.15, 0.2) is 0 Å². The highest BCUT2D eigenvalue weighted by Gasteiger charge is 1.93. The molecule has 0 fully saturated rings. The second kappa shape index (κ2) is 4.05. The van der Waals surface area contributed by atoms with Crippen LogP contribution in [0.25, 0.3) is 0 Å². The molecule has 1 aromatic heterocycles.